The average molecular weight is 430 g/mol. The largest absolute Gasteiger partial charge is 0.373 e. The molecule has 7 heteroatoms. The van der Waals surface area contributed by atoms with E-state index in [1.54, 1.807) is 0 Å². The molecule has 164 valence electrons. The minimum atomic E-state index is -0.855. The maximum Gasteiger partial charge on any atom is 0.229 e. The molecular formula is C25H27N5O2. The number of aliphatic hydroxyl groups excluding tert-OH is 1. The van der Waals surface area contributed by atoms with E-state index < -0.39 is 6.35 Å². The lowest BCUT2D eigenvalue weighted by Crippen LogP contribution is -2.53. The molecule has 2 N–H and O–H groups in total. The third-order valence-corrected chi connectivity index (χ3v) is 5.87. The van der Waals surface area contributed by atoms with Crippen LogP contribution in [-0.4, -0.2) is 34.6 Å². The number of aromatic nitrogens is 2. The number of benzene rings is 2. The van der Waals surface area contributed by atoms with Gasteiger partial charge in [-0.3, -0.25) is 0 Å². The molecule has 1 unspecified atom stereocenters. The normalized spacial score (nSPS) is 19.2. The Morgan fingerprint density at radius 2 is 1.88 bits per heavy atom. The number of hydrogen-bond acceptors (Lipinski definition) is 7. The van der Waals surface area contributed by atoms with E-state index in [9.17, 15) is 5.11 Å². The third kappa shape index (κ3) is 3.92. The highest BCUT2D eigenvalue weighted by atomic mass is 16.5. The Morgan fingerprint density at radius 3 is 2.72 bits per heavy atom. The van der Waals surface area contributed by atoms with Gasteiger partial charge in [0.05, 0.1) is 19.8 Å². The lowest BCUT2D eigenvalue weighted by Gasteiger charge is -2.43. The highest BCUT2D eigenvalue weighted by Gasteiger charge is 2.33. The Morgan fingerprint density at radius 1 is 1.06 bits per heavy atom. The van der Waals surface area contributed by atoms with Crippen molar-refractivity contribution >= 4 is 23.1 Å². The van der Waals surface area contributed by atoms with Crippen LogP contribution in [0.4, 0.5) is 23.1 Å². The molecule has 1 atom stereocenters. The number of fused-ring (bicyclic) bond motifs is 3. The highest BCUT2D eigenvalue weighted by Crippen LogP contribution is 2.35. The first-order valence-corrected chi connectivity index (χ1v) is 10.8. The van der Waals surface area contributed by atoms with Crippen molar-refractivity contribution in [3.63, 3.8) is 0 Å². The van der Waals surface area contributed by atoms with Crippen LogP contribution in [0.5, 0.6) is 0 Å². The van der Waals surface area contributed by atoms with Gasteiger partial charge in [-0.1, -0.05) is 42.5 Å². The molecule has 0 radical (unpaired) electrons. The molecule has 0 amide bonds. The molecule has 3 aromatic rings. The Kier molecular flexibility index (Phi) is 5.51. The Bertz CT molecular complexity index is 1140. The topological polar surface area (TPSA) is 73.8 Å². The van der Waals surface area contributed by atoms with E-state index in [0.29, 0.717) is 32.3 Å². The number of aliphatic hydroxyl groups is 1. The van der Waals surface area contributed by atoms with Gasteiger partial charge in [0.15, 0.2) is 0 Å². The Hall–Kier alpha value is -3.42. The Balaban J connectivity index is 1.57. The van der Waals surface area contributed by atoms with Crippen LogP contribution in [-0.2, 0) is 17.9 Å². The predicted octanol–water partition coefficient (Wildman–Crippen LogP) is 4.03. The monoisotopic (exact) mass is 429 g/mol. The quantitative estimate of drug-likeness (QED) is 0.566. The summed E-state index contributed by atoms with van der Waals surface area (Å²) >= 11 is 0. The molecule has 2 aliphatic rings. The standard InChI is InChI=1S/C25H27N5O2/c1-17-7-5-8-18(2)22(17)30-15-20-14-26-24-27-21-10-6-9-19(13-21)16-32-12-4-3-11-29(25(30)31)23(20)28-24/h3-10,13-14,25,31H,11-12,15-16H2,1-2H3,(H,26,27,28)/b4-3-. The minimum Gasteiger partial charge on any atom is -0.373 e. The maximum absolute atomic E-state index is 11.4. The van der Waals surface area contributed by atoms with Crippen molar-refractivity contribution in [3.05, 3.63) is 83.1 Å². The van der Waals surface area contributed by atoms with Crippen molar-refractivity contribution in [1.82, 2.24) is 9.97 Å². The molecule has 2 aliphatic heterocycles. The highest BCUT2D eigenvalue weighted by molar-refractivity contribution is 5.65. The molecule has 0 fully saturated rings. The van der Waals surface area contributed by atoms with Gasteiger partial charge in [0.25, 0.3) is 0 Å². The van der Waals surface area contributed by atoms with Crippen LogP contribution in [0.1, 0.15) is 22.3 Å². The molecule has 0 aliphatic carbocycles. The van der Waals surface area contributed by atoms with Crippen molar-refractivity contribution in [2.45, 2.75) is 33.4 Å². The lowest BCUT2D eigenvalue weighted by atomic mass is 10.1. The van der Waals surface area contributed by atoms with E-state index in [-0.39, 0.29) is 0 Å². The number of rotatable bonds is 1. The fraction of sp³-hybridized carbons (Fsp3) is 0.280. The number of aryl methyl sites for hydroxylation is 2. The summed E-state index contributed by atoms with van der Waals surface area (Å²) in [5.41, 5.74) is 6.24. The number of para-hydroxylation sites is 1. The van der Waals surface area contributed by atoms with Crippen LogP contribution in [0.3, 0.4) is 0 Å². The summed E-state index contributed by atoms with van der Waals surface area (Å²) in [5, 5.41) is 14.7. The number of anilines is 4. The summed E-state index contributed by atoms with van der Waals surface area (Å²) in [5.74, 6) is 1.23. The van der Waals surface area contributed by atoms with Crippen LogP contribution >= 0.6 is 0 Å². The molecule has 7 nitrogen and oxygen atoms in total. The van der Waals surface area contributed by atoms with E-state index in [1.165, 1.54) is 0 Å². The first-order chi connectivity index (χ1) is 15.6. The molecule has 32 heavy (non-hydrogen) atoms. The molecule has 1 aromatic heterocycles. The molecule has 4 bridgehead atoms. The SMILES string of the molecule is Cc1cccc(C)c1N1Cc2cnc3nc2N(C/C=C\COCc2cccc(c2)N3)C1O. The molecular weight excluding hydrogens is 402 g/mol. The summed E-state index contributed by atoms with van der Waals surface area (Å²) in [6.07, 6.45) is 5.00. The lowest BCUT2D eigenvalue weighted by molar-refractivity contribution is 0.148. The summed E-state index contributed by atoms with van der Waals surface area (Å²) in [6.45, 7) is 6.20. The number of nitrogens with one attached hydrogen (secondary N) is 1. The average Bonchev–Trinajstić information content (AvgIpc) is 2.78. The van der Waals surface area contributed by atoms with Crippen molar-refractivity contribution in [3.8, 4) is 0 Å². The smallest absolute Gasteiger partial charge is 0.229 e. The fourth-order valence-corrected chi connectivity index (χ4v) is 4.36. The van der Waals surface area contributed by atoms with E-state index in [1.807, 2.05) is 58.5 Å². The van der Waals surface area contributed by atoms with Gasteiger partial charge in [-0.05, 0) is 42.7 Å². The maximum atomic E-state index is 11.4. The number of nitrogens with zero attached hydrogens (tertiary/aromatic N) is 4. The van der Waals surface area contributed by atoms with Crippen LogP contribution in [0.15, 0.2) is 60.8 Å². The first kappa shape index (κ1) is 20.5. The van der Waals surface area contributed by atoms with Gasteiger partial charge in [0.2, 0.25) is 12.3 Å². The van der Waals surface area contributed by atoms with Crippen molar-refractivity contribution < 1.29 is 9.84 Å². The van der Waals surface area contributed by atoms with Crippen LogP contribution < -0.4 is 15.1 Å². The second-order valence-electron chi connectivity index (χ2n) is 8.22. The molecule has 0 spiro atoms. The van der Waals surface area contributed by atoms with Gasteiger partial charge in [-0.25, -0.2) is 4.98 Å². The third-order valence-electron chi connectivity index (χ3n) is 5.87. The zero-order chi connectivity index (χ0) is 22.1. The summed E-state index contributed by atoms with van der Waals surface area (Å²) < 4.78 is 5.79. The fourth-order valence-electron chi connectivity index (χ4n) is 4.36. The molecule has 0 saturated heterocycles. The van der Waals surface area contributed by atoms with E-state index >= 15 is 0 Å². The van der Waals surface area contributed by atoms with Crippen LogP contribution in [0.2, 0.25) is 0 Å². The van der Waals surface area contributed by atoms with Crippen molar-refractivity contribution in [1.29, 1.82) is 0 Å². The second kappa shape index (κ2) is 8.61. The molecule has 3 heterocycles. The van der Waals surface area contributed by atoms with Crippen LogP contribution in [0.25, 0.3) is 0 Å². The zero-order valence-electron chi connectivity index (χ0n) is 18.3. The summed E-state index contributed by atoms with van der Waals surface area (Å²) in [7, 11) is 0. The van der Waals surface area contributed by atoms with Crippen molar-refractivity contribution in [2.75, 3.05) is 28.3 Å². The summed E-state index contributed by atoms with van der Waals surface area (Å²) in [6, 6.07) is 14.2. The van der Waals surface area contributed by atoms with Gasteiger partial charge >= 0.3 is 0 Å². The van der Waals surface area contributed by atoms with E-state index in [4.69, 9.17) is 9.72 Å². The Labute approximate surface area is 188 Å². The van der Waals surface area contributed by atoms with Crippen LogP contribution in [0, 0.1) is 13.8 Å². The van der Waals surface area contributed by atoms with Gasteiger partial charge in [0, 0.05) is 29.7 Å². The zero-order valence-corrected chi connectivity index (χ0v) is 18.3. The second-order valence-corrected chi connectivity index (χ2v) is 8.22. The molecule has 2 aromatic carbocycles. The van der Waals surface area contributed by atoms with E-state index in [0.717, 1.165) is 39.4 Å². The van der Waals surface area contributed by atoms with Gasteiger partial charge in [-0.2, -0.15) is 4.98 Å². The molecule has 5 rings (SSSR count). The van der Waals surface area contributed by atoms with E-state index in [2.05, 4.69) is 36.3 Å². The van der Waals surface area contributed by atoms with Gasteiger partial charge in [-0.15, -0.1) is 0 Å². The first-order valence-electron chi connectivity index (χ1n) is 10.8. The predicted molar refractivity (Wildman–Crippen MR) is 126 cm³/mol. The van der Waals surface area contributed by atoms with Gasteiger partial charge < -0.3 is 25.0 Å². The minimum absolute atomic E-state index is 0.501. The number of ether oxygens (including phenoxy) is 1. The van der Waals surface area contributed by atoms with Crippen molar-refractivity contribution in [2.24, 2.45) is 0 Å². The van der Waals surface area contributed by atoms with Gasteiger partial charge in [0.1, 0.15) is 5.82 Å². The molecule has 0 saturated carbocycles. The number of hydrogen-bond donors (Lipinski definition) is 2. The summed E-state index contributed by atoms with van der Waals surface area (Å²) in [4.78, 5) is 13.3.